The van der Waals surface area contributed by atoms with Gasteiger partial charge in [0.15, 0.2) is 0 Å². The Bertz CT molecular complexity index is 432. The molecule has 0 atom stereocenters. The van der Waals surface area contributed by atoms with Crippen molar-refractivity contribution in [3.05, 3.63) is 28.0 Å². The fraction of sp³-hybridized carbons (Fsp3) is 0.364. The van der Waals surface area contributed by atoms with Crippen LogP contribution in [0.4, 0.5) is 0 Å². The number of carbonyl (C=O) groups excluding carboxylic acids is 2. The van der Waals surface area contributed by atoms with E-state index in [1.165, 1.54) is 19.2 Å². The predicted octanol–water partition coefficient (Wildman–Crippen LogP) is 2.07. The van der Waals surface area contributed by atoms with E-state index in [1.54, 1.807) is 0 Å². The molecule has 0 bridgehead atoms. The number of nitrogens with one attached hydrogen (secondary N) is 1. The van der Waals surface area contributed by atoms with Gasteiger partial charge in [-0.25, -0.2) is 4.98 Å². The van der Waals surface area contributed by atoms with Crippen LogP contribution in [0.1, 0.15) is 23.2 Å². The maximum Gasteiger partial charge on any atom is 0.305 e. The largest absolute Gasteiger partial charge is 0.469 e. The van der Waals surface area contributed by atoms with E-state index in [-0.39, 0.29) is 28.6 Å². The summed E-state index contributed by atoms with van der Waals surface area (Å²) in [5, 5.41) is 2.95. The number of hydrogen-bond donors (Lipinski definition) is 1. The maximum absolute atomic E-state index is 11.7. The summed E-state index contributed by atoms with van der Waals surface area (Å²) in [4.78, 5) is 26.3. The van der Waals surface area contributed by atoms with Gasteiger partial charge in [-0.15, -0.1) is 0 Å². The Morgan fingerprint density at radius 2 is 1.94 bits per heavy atom. The molecule has 0 spiro atoms. The van der Waals surface area contributed by atoms with Crippen molar-refractivity contribution in [3.8, 4) is 0 Å². The zero-order valence-corrected chi connectivity index (χ0v) is 11.2. The number of carbonyl (C=O) groups is 2. The Hall–Kier alpha value is -1.33. The highest BCUT2D eigenvalue weighted by Gasteiger charge is 2.08. The molecule has 5 nitrogen and oxygen atoms in total. The van der Waals surface area contributed by atoms with Crippen LogP contribution in [-0.4, -0.2) is 30.5 Å². The number of methoxy groups -OCH3 is 1. The summed E-state index contributed by atoms with van der Waals surface area (Å²) in [7, 11) is 1.32. The third kappa shape index (κ3) is 4.89. The molecule has 0 fully saturated rings. The third-order valence-corrected chi connectivity index (χ3v) is 2.48. The molecule has 98 valence electrons. The van der Waals surface area contributed by atoms with Crippen molar-refractivity contribution < 1.29 is 14.3 Å². The minimum atomic E-state index is -0.314. The summed E-state index contributed by atoms with van der Waals surface area (Å²) in [5.74, 6) is -0.620. The summed E-state index contributed by atoms with van der Waals surface area (Å²) in [6.07, 6.45) is 0.763. The van der Waals surface area contributed by atoms with Crippen LogP contribution < -0.4 is 5.32 Å². The Morgan fingerprint density at radius 1 is 1.33 bits per heavy atom. The standard InChI is InChI=1S/C11H12Cl2N2O3/c1-18-10(16)3-2-4-14-11(17)7-5-8(12)15-9(13)6-7/h5-6H,2-4H2,1H3,(H,14,17). The average molecular weight is 291 g/mol. The van der Waals surface area contributed by atoms with E-state index in [0.717, 1.165) is 0 Å². The van der Waals surface area contributed by atoms with Crippen LogP contribution >= 0.6 is 23.2 Å². The molecule has 0 aliphatic carbocycles. The van der Waals surface area contributed by atoms with E-state index in [2.05, 4.69) is 15.0 Å². The van der Waals surface area contributed by atoms with Crippen molar-refractivity contribution in [2.75, 3.05) is 13.7 Å². The van der Waals surface area contributed by atoms with Crippen LogP contribution in [0.25, 0.3) is 0 Å². The van der Waals surface area contributed by atoms with Gasteiger partial charge in [0, 0.05) is 18.5 Å². The molecule has 0 aliphatic rings. The molecule has 0 saturated heterocycles. The third-order valence-electron chi connectivity index (χ3n) is 2.10. The molecule has 1 aromatic rings. The lowest BCUT2D eigenvalue weighted by Gasteiger charge is -2.05. The number of rotatable bonds is 5. The number of amides is 1. The van der Waals surface area contributed by atoms with Gasteiger partial charge >= 0.3 is 5.97 Å². The molecule has 0 aliphatic heterocycles. The molecule has 18 heavy (non-hydrogen) atoms. The minimum absolute atomic E-state index is 0.155. The molecule has 0 unspecified atom stereocenters. The molecule has 1 rings (SSSR count). The minimum Gasteiger partial charge on any atom is -0.469 e. The summed E-state index contributed by atoms with van der Waals surface area (Å²) in [5.41, 5.74) is 0.332. The van der Waals surface area contributed by atoms with Crippen molar-refractivity contribution in [2.24, 2.45) is 0 Å². The molecular formula is C11H12Cl2N2O3. The fourth-order valence-electron chi connectivity index (χ4n) is 1.23. The smallest absolute Gasteiger partial charge is 0.305 e. The highest BCUT2D eigenvalue weighted by Crippen LogP contribution is 2.14. The molecule has 1 amide bonds. The predicted molar refractivity (Wildman–Crippen MR) is 67.8 cm³/mol. The lowest BCUT2D eigenvalue weighted by Crippen LogP contribution is -2.25. The molecular weight excluding hydrogens is 279 g/mol. The lowest BCUT2D eigenvalue weighted by atomic mass is 10.2. The molecule has 1 N–H and O–H groups in total. The molecule has 0 saturated carbocycles. The van der Waals surface area contributed by atoms with Gasteiger partial charge in [0.1, 0.15) is 10.3 Å². The second-order valence-corrected chi connectivity index (χ2v) is 4.21. The zero-order chi connectivity index (χ0) is 13.5. The highest BCUT2D eigenvalue weighted by atomic mass is 35.5. The summed E-state index contributed by atoms with van der Waals surface area (Å²) < 4.78 is 4.48. The first kappa shape index (κ1) is 14.7. The second-order valence-electron chi connectivity index (χ2n) is 3.44. The number of halogens is 2. The van der Waals surface area contributed by atoms with Crippen LogP contribution in [0, 0.1) is 0 Å². The van der Waals surface area contributed by atoms with Crippen LogP contribution in [0.5, 0.6) is 0 Å². The molecule has 1 aromatic heterocycles. The van der Waals surface area contributed by atoms with E-state index in [1.807, 2.05) is 0 Å². The summed E-state index contributed by atoms with van der Waals surface area (Å²) >= 11 is 11.4. The van der Waals surface area contributed by atoms with Crippen molar-refractivity contribution in [1.29, 1.82) is 0 Å². The van der Waals surface area contributed by atoms with Gasteiger partial charge in [0.2, 0.25) is 0 Å². The number of esters is 1. The van der Waals surface area contributed by atoms with E-state index < -0.39 is 0 Å². The van der Waals surface area contributed by atoms with Crippen molar-refractivity contribution in [1.82, 2.24) is 10.3 Å². The zero-order valence-electron chi connectivity index (χ0n) is 9.70. The average Bonchev–Trinajstić information content (AvgIpc) is 2.32. The Morgan fingerprint density at radius 3 is 2.50 bits per heavy atom. The first-order chi connectivity index (χ1) is 8.52. The maximum atomic E-state index is 11.7. The van der Waals surface area contributed by atoms with Crippen molar-refractivity contribution in [3.63, 3.8) is 0 Å². The monoisotopic (exact) mass is 290 g/mol. The molecule has 0 aromatic carbocycles. The van der Waals surface area contributed by atoms with Gasteiger partial charge in [0.25, 0.3) is 5.91 Å². The van der Waals surface area contributed by atoms with Gasteiger partial charge in [0.05, 0.1) is 7.11 Å². The second kappa shape index (κ2) is 7.18. The van der Waals surface area contributed by atoms with Crippen LogP contribution in [0.15, 0.2) is 12.1 Å². The van der Waals surface area contributed by atoms with E-state index in [9.17, 15) is 9.59 Å². The van der Waals surface area contributed by atoms with Crippen molar-refractivity contribution in [2.45, 2.75) is 12.8 Å². The number of nitrogens with zero attached hydrogens (tertiary/aromatic N) is 1. The van der Waals surface area contributed by atoms with Gasteiger partial charge in [-0.2, -0.15) is 0 Å². The highest BCUT2D eigenvalue weighted by molar-refractivity contribution is 6.33. The van der Waals surface area contributed by atoms with E-state index in [0.29, 0.717) is 18.5 Å². The van der Waals surface area contributed by atoms with Gasteiger partial charge in [-0.05, 0) is 18.6 Å². The number of aromatic nitrogens is 1. The van der Waals surface area contributed by atoms with Gasteiger partial charge < -0.3 is 10.1 Å². The Labute approximate surface area is 114 Å². The summed E-state index contributed by atoms with van der Waals surface area (Å²) in [6, 6.07) is 2.84. The molecule has 1 heterocycles. The topological polar surface area (TPSA) is 68.3 Å². The Kier molecular flexibility index (Phi) is 5.88. The Balaban J connectivity index is 2.43. The van der Waals surface area contributed by atoms with E-state index >= 15 is 0 Å². The fourth-order valence-corrected chi connectivity index (χ4v) is 1.70. The normalized spacial score (nSPS) is 9.94. The van der Waals surface area contributed by atoms with Crippen LogP contribution in [-0.2, 0) is 9.53 Å². The summed E-state index contributed by atoms with van der Waals surface area (Å²) in [6.45, 7) is 0.367. The van der Waals surface area contributed by atoms with Crippen molar-refractivity contribution >= 4 is 35.1 Å². The first-order valence-electron chi connectivity index (χ1n) is 5.21. The first-order valence-corrected chi connectivity index (χ1v) is 5.96. The molecule has 0 radical (unpaired) electrons. The number of pyridine rings is 1. The van der Waals surface area contributed by atoms with E-state index in [4.69, 9.17) is 23.2 Å². The number of hydrogen-bond acceptors (Lipinski definition) is 4. The van der Waals surface area contributed by atoms with Crippen LogP contribution in [0.2, 0.25) is 10.3 Å². The number of ether oxygens (including phenoxy) is 1. The SMILES string of the molecule is COC(=O)CCCNC(=O)c1cc(Cl)nc(Cl)c1. The van der Waals surface area contributed by atoms with Gasteiger partial charge in [-0.1, -0.05) is 23.2 Å². The van der Waals surface area contributed by atoms with Gasteiger partial charge in [-0.3, -0.25) is 9.59 Å². The quantitative estimate of drug-likeness (QED) is 0.512. The van der Waals surface area contributed by atoms with Crippen LogP contribution in [0.3, 0.4) is 0 Å². The molecule has 7 heteroatoms. The lowest BCUT2D eigenvalue weighted by molar-refractivity contribution is -0.140.